The van der Waals surface area contributed by atoms with Crippen LogP contribution in [0.15, 0.2) is 71.5 Å². The molecule has 0 saturated carbocycles. The second kappa shape index (κ2) is 10.6. The number of aromatic nitrogens is 5. The Morgan fingerprint density at radius 1 is 1.06 bits per heavy atom. The first kappa shape index (κ1) is 23.0. The number of fused-ring (bicyclic) bond motifs is 1. The molecule has 0 aliphatic rings. The van der Waals surface area contributed by atoms with Gasteiger partial charge in [0.1, 0.15) is 5.82 Å². The van der Waals surface area contributed by atoms with Crippen molar-refractivity contribution in [2.45, 2.75) is 36.5 Å². The summed E-state index contributed by atoms with van der Waals surface area (Å²) in [7, 11) is 0. The van der Waals surface area contributed by atoms with Crippen molar-refractivity contribution in [3.05, 3.63) is 78.4 Å². The normalized spacial score (nSPS) is 11.0. The van der Waals surface area contributed by atoms with E-state index in [9.17, 15) is 4.79 Å². The van der Waals surface area contributed by atoms with Crippen molar-refractivity contribution in [2.75, 3.05) is 11.1 Å². The van der Waals surface area contributed by atoms with E-state index in [0.29, 0.717) is 22.6 Å². The average Bonchev–Trinajstić information content (AvgIpc) is 3.18. The maximum absolute atomic E-state index is 12.6. The third-order valence-corrected chi connectivity index (χ3v) is 6.60. The van der Waals surface area contributed by atoms with Crippen LogP contribution in [0.2, 0.25) is 0 Å². The summed E-state index contributed by atoms with van der Waals surface area (Å²) in [6, 6.07) is 15.8. The lowest BCUT2D eigenvalue weighted by Crippen LogP contribution is -2.15. The Balaban J connectivity index is 1.41. The fourth-order valence-electron chi connectivity index (χ4n) is 3.38. The van der Waals surface area contributed by atoms with Gasteiger partial charge in [0.15, 0.2) is 10.3 Å². The summed E-state index contributed by atoms with van der Waals surface area (Å²) in [5, 5.41) is 15.1. The number of carbonyl (C=O) groups excluding carboxylic acids is 1. The molecule has 2 heterocycles. The van der Waals surface area contributed by atoms with Crippen LogP contribution in [0.3, 0.4) is 0 Å². The minimum absolute atomic E-state index is 0.0935. The van der Waals surface area contributed by atoms with Gasteiger partial charge in [-0.25, -0.2) is 9.97 Å². The Kier molecular flexibility index (Phi) is 7.41. The summed E-state index contributed by atoms with van der Waals surface area (Å²) < 4.78 is 1.97. The molecule has 9 heteroatoms. The molecule has 0 atom stereocenters. The second-order valence-electron chi connectivity index (χ2n) is 7.38. The predicted octanol–water partition coefficient (Wildman–Crippen LogP) is 5.05. The highest BCUT2D eigenvalue weighted by atomic mass is 32.2. The molecule has 4 rings (SSSR count). The van der Waals surface area contributed by atoms with Crippen molar-refractivity contribution in [3.8, 4) is 0 Å². The maximum Gasteiger partial charge on any atom is 0.234 e. The van der Waals surface area contributed by atoms with Crippen LogP contribution in [-0.2, 0) is 17.1 Å². The molecular formula is C24H24N6OS2. The van der Waals surface area contributed by atoms with Gasteiger partial charge < -0.3 is 9.88 Å². The monoisotopic (exact) mass is 476 g/mol. The van der Waals surface area contributed by atoms with Crippen molar-refractivity contribution in [1.29, 1.82) is 0 Å². The second-order valence-corrected chi connectivity index (χ2v) is 9.27. The van der Waals surface area contributed by atoms with Crippen LogP contribution in [-0.4, -0.2) is 36.4 Å². The molecule has 0 fully saturated rings. The largest absolute Gasteiger partial charge is 0.325 e. The molecule has 0 unspecified atom stereocenters. The molecule has 168 valence electrons. The maximum atomic E-state index is 12.6. The number of amides is 1. The zero-order valence-electron chi connectivity index (χ0n) is 18.5. The molecule has 0 bridgehead atoms. The van der Waals surface area contributed by atoms with Gasteiger partial charge in [0.05, 0.1) is 11.5 Å². The molecule has 33 heavy (non-hydrogen) atoms. The van der Waals surface area contributed by atoms with Crippen molar-refractivity contribution in [2.24, 2.45) is 0 Å². The molecule has 7 nitrogen and oxygen atoms in total. The number of nitrogens with zero attached hydrogens (tertiary/aromatic N) is 5. The summed E-state index contributed by atoms with van der Waals surface area (Å²) in [6.45, 7) is 8.31. The molecule has 0 aliphatic heterocycles. The first-order valence-electron chi connectivity index (χ1n) is 10.4. The zero-order chi connectivity index (χ0) is 23.2. The van der Waals surface area contributed by atoms with Gasteiger partial charge in [-0.15, -0.1) is 16.8 Å². The van der Waals surface area contributed by atoms with Gasteiger partial charge in [0.25, 0.3) is 0 Å². The molecule has 1 N–H and O–H groups in total. The molecule has 1 amide bonds. The summed E-state index contributed by atoms with van der Waals surface area (Å²) in [5.74, 6) is 1.50. The Bertz CT molecular complexity index is 1280. The molecule has 2 aromatic heterocycles. The summed E-state index contributed by atoms with van der Waals surface area (Å²) in [5.41, 5.74) is 2.67. The standard InChI is InChI=1S/C24H24N6OS2/c1-4-12-30-21(14-32-23-25-16(2)13-17(3)26-23)28-29-24(30)33-15-22(31)27-20-11-7-9-18-8-5-6-10-19(18)20/h4-11,13H,1,12,14-15H2,2-3H3,(H,27,31). The van der Waals surface area contributed by atoms with E-state index in [1.807, 2.05) is 66.9 Å². The highest BCUT2D eigenvalue weighted by molar-refractivity contribution is 7.99. The van der Waals surface area contributed by atoms with E-state index in [1.165, 1.54) is 23.5 Å². The van der Waals surface area contributed by atoms with Gasteiger partial charge in [-0.3, -0.25) is 4.79 Å². The molecular weight excluding hydrogens is 452 g/mol. The highest BCUT2D eigenvalue weighted by Crippen LogP contribution is 2.25. The van der Waals surface area contributed by atoms with Gasteiger partial charge in [-0.2, -0.15) is 0 Å². The number of allylic oxidation sites excluding steroid dienone is 1. The van der Waals surface area contributed by atoms with Gasteiger partial charge in [-0.05, 0) is 31.4 Å². The smallest absolute Gasteiger partial charge is 0.234 e. The number of hydrogen-bond acceptors (Lipinski definition) is 7. The number of hydrogen-bond donors (Lipinski definition) is 1. The molecule has 2 aromatic carbocycles. The number of benzene rings is 2. The minimum atomic E-state index is -0.0935. The molecule has 0 spiro atoms. The lowest BCUT2D eigenvalue weighted by Gasteiger charge is -2.09. The van der Waals surface area contributed by atoms with Gasteiger partial charge >= 0.3 is 0 Å². The Labute approximate surface area is 201 Å². The van der Waals surface area contributed by atoms with E-state index >= 15 is 0 Å². The van der Waals surface area contributed by atoms with Gasteiger partial charge in [0, 0.05) is 29.0 Å². The van der Waals surface area contributed by atoms with Crippen molar-refractivity contribution >= 4 is 45.9 Å². The quantitative estimate of drug-likeness (QED) is 0.206. The number of thioether (sulfide) groups is 2. The molecule has 0 radical (unpaired) electrons. The number of nitrogens with one attached hydrogen (secondary N) is 1. The lowest BCUT2D eigenvalue weighted by molar-refractivity contribution is -0.113. The van der Waals surface area contributed by atoms with Crippen LogP contribution < -0.4 is 5.32 Å². The van der Waals surface area contributed by atoms with Crippen LogP contribution in [0, 0.1) is 13.8 Å². The Morgan fingerprint density at radius 2 is 1.82 bits per heavy atom. The molecule has 0 saturated heterocycles. The van der Waals surface area contributed by atoms with Crippen LogP contribution in [0.4, 0.5) is 5.69 Å². The number of rotatable bonds is 9. The van der Waals surface area contributed by atoms with Crippen LogP contribution in [0.25, 0.3) is 10.8 Å². The SMILES string of the molecule is C=CCn1c(CSc2nc(C)cc(C)n2)nnc1SCC(=O)Nc1cccc2ccccc12. The number of carbonyl (C=O) groups is 1. The van der Waals surface area contributed by atoms with Crippen LogP contribution >= 0.6 is 23.5 Å². The van der Waals surface area contributed by atoms with E-state index in [2.05, 4.69) is 32.1 Å². The summed E-state index contributed by atoms with van der Waals surface area (Å²) in [4.78, 5) is 21.6. The predicted molar refractivity (Wildman–Crippen MR) is 135 cm³/mol. The fraction of sp³-hybridized carbons (Fsp3) is 0.208. The molecule has 4 aromatic rings. The van der Waals surface area contributed by atoms with E-state index < -0.39 is 0 Å². The highest BCUT2D eigenvalue weighted by Gasteiger charge is 2.15. The third-order valence-electron chi connectivity index (χ3n) is 4.79. The third kappa shape index (κ3) is 5.80. The van der Waals surface area contributed by atoms with E-state index in [0.717, 1.165) is 33.7 Å². The fourth-order valence-corrected chi connectivity index (χ4v) is 5.04. The summed E-state index contributed by atoms with van der Waals surface area (Å²) in [6.07, 6.45) is 1.80. The zero-order valence-corrected chi connectivity index (χ0v) is 20.1. The van der Waals surface area contributed by atoms with Gasteiger partial charge in [0.2, 0.25) is 5.91 Å². The Morgan fingerprint density at radius 3 is 2.61 bits per heavy atom. The van der Waals surface area contributed by atoms with Crippen LogP contribution in [0.1, 0.15) is 17.2 Å². The number of aryl methyl sites for hydroxylation is 2. The number of anilines is 1. The first-order chi connectivity index (χ1) is 16.0. The molecule has 0 aliphatic carbocycles. The summed E-state index contributed by atoms with van der Waals surface area (Å²) >= 11 is 2.87. The van der Waals surface area contributed by atoms with Gasteiger partial charge in [-0.1, -0.05) is 66.0 Å². The van der Waals surface area contributed by atoms with Crippen molar-refractivity contribution in [1.82, 2.24) is 24.7 Å². The van der Waals surface area contributed by atoms with Crippen LogP contribution in [0.5, 0.6) is 0 Å². The average molecular weight is 477 g/mol. The van der Waals surface area contributed by atoms with E-state index in [-0.39, 0.29) is 11.7 Å². The lowest BCUT2D eigenvalue weighted by atomic mass is 10.1. The van der Waals surface area contributed by atoms with Crippen molar-refractivity contribution in [3.63, 3.8) is 0 Å². The topological polar surface area (TPSA) is 85.6 Å². The van der Waals surface area contributed by atoms with Crippen molar-refractivity contribution < 1.29 is 4.79 Å². The van der Waals surface area contributed by atoms with E-state index in [1.54, 1.807) is 6.08 Å². The minimum Gasteiger partial charge on any atom is -0.325 e. The Hall–Kier alpha value is -3.17. The first-order valence-corrected chi connectivity index (χ1v) is 12.4. The van der Waals surface area contributed by atoms with E-state index in [4.69, 9.17) is 0 Å².